The maximum atomic E-state index is 12.1. The first-order valence-corrected chi connectivity index (χ1v) is 5.56. The molecule has 0 saturated heterocycles. The highest BCUT2D eigenvalue weighted by molar-refractivity contribution is 6.18. The Labute approximate surface area is 106 Å². The zero-order chi connectivity index (χ0) is 14.2. The van der Waals surface area contributed by atoms with Gasteiger partial charge >= 0.3 is 6.18 Å². The van der Waals surface area contributed by atoms with E-state index in [0.29, 0.717) is 4.90 Å². The van der Waals surface area contributed by atoms with Crippen LogP contribution in [0.1, 0.15) is 6.42 Å². The van der Waals surface area contributed by atoms with Crippen molar-refractivity contribution < 1.29 is 31.5 Å². The van der Waals surface area contributed by atoms with Crippen molar-refractivity contribution in [3.05, 3.63) is 0 Å². The van der Waals surface area contributed by atoms with Crippen molar-refractivity contribution in [1.82, 2.24) is 4.90 Å². The van der Waals surface area contributed by atoms with Crippen LogP contribution in [0.5, 0.6) is 0 Å². The minimum Gasteiger partial charge on any atom is -0.375 e. The van der Waals surface area contributed by atoms with Crippen LogP contribution in [-0.2, 0) is 9.53 Å². The van der Waals surface area contributed by atoms with Gasteiger partial charge < -0.3 is 9.64 Å². The van der Waals surface area contributed by atoms with Crippen LogP contribution in [0.15, 0.2) is 0 Å². The second-order valence-electron chi connectivity index (χ2n) is 3.34. The summed E-state index contributed by atoms with van der Waals surface area (Å²) < 4.78 is 64.1. The van der Waals surface area contributed by atoms with E-state index in [0.717, 1.165) is 0 Å². The Morgan fingerprint density at radius 3 is 2.39 bits per heavy atom. The first-order chi connectivity index (χ1) is 8.26. The molecule has 0 aliphatic carbocycles. The highest BCUT2D eigenvalue weighted by Gasteiger charge is 2.32. The zero-order valence-electron chi connectivity index (χ0n) is 9.35. The molecule has 0 aromatic heterocycles. The average Bonchev–Trinajstić information content (AvgIpc) is 2.21. The number of ether oxygens (including phenoxy) is 1. The van der Waals surface area contributed by atoms with Crippen molar-refractivity contribution in [3.63, 3.8) is 0 Å². The van der Waals surface area contributed by atoms with Crippen molar-refractivity contribution in [1.29, 1.82) is 0 Å². The number of halogens is 6. The fourth-order valence-corrected chi connectivity index (χ4v) is 1.30. The molecule has 108 valence electrons. The van der Waals surface area contributed by atoms with Crippen LogP contribution >= 0.6 is 11.6 Å². The normalized spacial score (nSPS) is 11.9. The van der Waals surface area contributed by atoms with E-state index in [-0.39, 0.29) is 25.5 Å². The van der Waals surface area contributed by atoms with Gasteiger partial charge in [-0.05, 0) is 0 Å². The molecule has 0 atom stereocenters. The molecule has 0 aliphatic rings. The van der Waals surface area contributed by atoms with Crippen LogP contribution in [-0.4, -0.2) is 55.6 Å². The molecule has 0 saturated carbocycles. The van der Waals surface area contributed by atoms with E-state index in [1.807, 2.05) is 0 Å². The van der Waals surface area contributed by atoms with Crippen LogP contribution < -0.4 is 0 Å². The third kappa shape index (κ3) is 9.41. The van der Waals surface area contributed by atoms with Gasteiger partial charge in [0.05, 0.1) is 13.0 Å². The Balaban J connectivity index is 4.06. The molecule has 0 aliphatic heterocycles. The first-order valence-electron chi connectivity index (χ1n) is 5.02. The largest absolute Gasteiger partial charge is 0.406 e. The quantitative estimate of drug-likeness (QED) is 0.391. The van der Waals surface area contributed by atoms with Gasteiger partial charge in [-0.1, -0.05) is 0 Å². The fourth-order valence-electron chi connectivity index (χ4n) is 1.10. The van der Waals surface area contributed by atoms with E-state index in [1.165, 1.54) is 0 Å². The summed E-state index contributed by atoms with van der Waals surface area (Å²) >= 11 is 5.28. The van der Waals surface area contributed by atoms with Gasteiger partial charge in [0.15, 0.2) is 0 Å². The maximum absolute atomic E-state index is 12.1. The van der Waals surface area contributed by atoms with E-state index < -0.39 is 31.7 Å². The topological polar surface area (TPSA) is 29.5 Å². The number of alkyl halides is 6. The summed E-state index contributed by atoms with van der Waals surface area (Å²) in [5, 5.41) is 0. The Morgan fingerprint density at radius 2 is 1.94 bits per heavy atom. The molecule has 0 fully saturated rings. The third-order valence-electron chi connectivity index (χ3n) is 1.78. The lowest BCUT2D eigenvalue weighted by Gasteiger charge is -2.23. The van der Waals surface area contributed by atoms with Gasteiger partial charge in [-0.3, -0.25) is 4.79 Å². The van der Waals surface area contributed by atoms with Crippen LogP contribution in [0.2, 0.25) is 0 Å². The summed E-state index contributed by atoms with van der Waals surface area (Å²) in [7, 11) is 0. The maximum Gasteiger partial charge on any atom is 0.406 e. The monoisotopic (exact) mass is 297 g/mol. The van der Waals surface area contributed by atoms with Gasteiger partial charge in [-0.25, -0.2) is 8.78 Å². The van der Waals surface area contributed by atoms with E-state index >= 15 is 0 Å². The van der Waals surface area contributed by atoms with Crippen molar-refractivity contribution in [3.8, 4) is 0 Å². The summed E-state index contributed by atoms with van der Waals surface area (Å²) in [6, 6.07) is 0. The Morgan fingerprint density at radius 1 is 1.33 bits per heavy atom. The molecule has 1 amide bonds. The molecule has 0 unspecified atom stereocenters. The minimum atomic E-state index is -4.52. The number of amides is 1. The third-order valence-corrected chi connectivity index (χ3v) is 1.95. The number of nitrogens with zero attached hydrogens (tertiary/aromatic N) is 1. The number of hydrogen-bond acceptors (Lipinski definition) is 2. The van der Waals surface area contributed by atoms with Crippen LogP contribution in [0.25, 0.3) is 0 Å². The molecule has 9 heteroatoms. The van der Waals surface area contributed by atoms with Gasteiger partial charge in [0, 0.05) is 12.4 Å². The molecule has 0 N–H and O–H groups in total. The number of carbonyl (C=O) groups is 1. The highest BCUT2D eigenvalue weighted by Crippen LogP contribution is 2.17. The van der Waals surface area contributed by atoms with Gasteiger partial charge in [0.2, 0.25) is 5.91 Å². The lowest BCUT2D eigenvalue weighted by molar-refractivity contribution is -0.161. The van der Waals surface area contributed by atoms with Crippen LogP contribution in [0.3, 0.4) is 0 Å². The zero-order valence-corrected chi connectivity index (χ0v) is 10.1. The molecule has 3 nitrogen and oxygen atoms in total. The van der Waals surface area contributed by atoms with E-state index in [9.17, 15) is 26.7 Å². The van der Waals surface area contributed by atoms with Gasteiger partial charge in [-0.15, -0.1) is 11.6 Å². The Hall–Kier alpha value is -0.630. The standard InChI is InChI=1S/C9H13ClF5NO2/c10-2-3-16(6-9(13,14)15)8(17)1-4-18-5-7(11)12/h7H,1-6H2. The van der Waals surface area contributed by atoms with Crippen molar-refractivity contribution in [2.24, 2.45) is 0 Å². The summed E-state index contributed by atoms with van der Waals surface area (Å²) in [5.41, 5.74) is 0. The number of hydrogen-bond donors (Lipinski definition) is 0. The Bertz CT molecular complexity index is 250. The van der Waals surface area contributed by atoms with Gasteiger partial charge in [0.25, 0.3) is 6.43 Å². The predicted octanol–water partition coefficient (Wildman–Crippen LogP) is 2.29. The van der Waals surface area contributed by atoms with Crippen LogP contribution in [0.4, 0.5) is 22.0 Å². The number of rotatable bonds is 8. The van der Waals surface area contributed by atoms with Crippen molar-refractivity contribution in [2.75, 3.05) is 32.2 Å². The summed E-state index contributed by atoms with van der Waals surface area (Å²) in [6.07, 6.45) is -7.58. The van der Waals surface area contributed by atoms with Crippen LogP contribution in [0, 0.1) is 0 Å². The molecular formula is C9H13ClF5NO2. The summed E-state index contributed by atoms with van der Waals surface area (Å²) in [4.78, 5) is 11.9. The van der Waals surface area contributed by atoms with Crippen molar-refractivity contribution >= 4 is 17.5 Å². The van der Waals surface area contributed by atoms with Gasteiger partial charge in [-0.2, -0.15) is 13.2 Å². The second-order valence-corrected chi connectivity index (χ2v) is 3.71. The molecule has 0 bridgehead atoms. The fraction of sp³-hybridized carbons (Fsp3) is 0.889. The lowest BCUT2D eigenvalue weighted by atomic mass is 10.3. The van der Waals surface area contributed by atoms with Gasteiger partial charge in [0.1, 0.15) is 13.2 Å². The lowest BCUT2D eigenvalue weighted by Crippen LogP contribution is -2.40. The number of carbonyl (C=O) groups excluding carboxylic acids is 1. The van der Waals surface area contributed by atoms with Crippen molar-refractivity contribution in [2.45, 2.75) is 19.0 Å². The smallest absolute Gasteiger partial charge is 0.375 e. The second kappa shape index (κ2) is 8.47. The predicted molar refractivity (Wildman–Crippen MR) is 54.8 cm³/mol. The molecule has 0 radical (unpaired) electrons. The highest BCUT2D eigenvalue weighted by atomic mass is 35.5. The SMILES string of the molecule is O=C(CCOCC(F)F)N(CCCl)CC(F)(F)F. The minimum absolute atomic E-state index is 0.139. The first kappa shape index (κ1) is 17.4. The van der Waals surface area contributed by atoms with E-state index in [2.05, 4.69) is 4.74 Å². The summed E-state index contributed by atoms with van der Waals surface area (Å²) in [5.74, 6) is -0.970. The van der Waals surface area contributed by atoms with E-state index in [4.69, 9.17) is 11.6 Å². The van der Waals surface area contributed by atoms with E-state index in [1.54, 1.807) is 0 Å². The molecule has 0 aromatic carbocycles. The Kier molecular flexibility index (Phi) is 8.17. The molecule has 0 aromatic rings. The molecule has 0 rings (SSSR count). The summed E-state index contributed by atoms with van der Waals surface area (Å²) in [6.45, 7) is -2.86. The molecule has 18 heavy (non-hydrogen) atoms. The average molecular weight is 298 g/mol. The molecular weight excluding hydrogens is 285 g/mol. The molecule has 0 spiro atoms. The molecule has 0 heterocycles.